The van der Waals surface area contributed by atoms with Crippen LogP contribution in [-0.2, 0) is 12.0 Å². The highest BCUT2D eigenvalue weighted by Gasteiger charge is 2.15. The van der Waals surface area contributed by atoms with Gasteiger partial charge in [-0.2, -0.15) is 5.10 Å². The average Bonchev–Trinajstić information content (AvgIpc) is 2.69. The Morgan fingerprint density at radius 2 is 1.78 bits per heavy atom. The number of benzene rings is 1. The van der Waals surface area contributed by atoms with E-state index in [1.807, 2.05) is 6.92 Å². The molecule has 0 bridgehead atoms. The van der Waals surface area contributed by atoms with E-state index in [0.717, 1.165) is 22.5 Å². The first kappa shape index (κ1) is 12.8. The van der Waals surface area contributed by atoms with Crippen LogP contribution < -0.4 is 0 Å². The third-order valence-electron chi connectivity index (χ3n) is 3.26. The van der Waals surface area contributed by atoms with Gasteiger partial charge in [-0.1, -0.05) is 45.0 Å². The summed E-state index contributed by atoms with van der Waals surface area (Å²) in [5, 5.41) is 16.6. The summed E-state index contributed by atoms with van der Waals surface area (Å²) in [5.41, 5.74) is 5.13. The first-order valence-corrected chi connectivity index (χ1v) is 6.19. The SMILES string of the molecule is Cc1[nH]nc(-c2ccc(C(C)(C)C)cc2)c1CO. The summed E-state index contributed by atoms with van der Waals surface area (Å²) < 4.78 is 0. The van der Waals surface area contributed by atoms with Gasteiger partial charge in [0.1, 0.15) is 0 Å². The molecule has 2 aromatic rings. The van der Waals surface area contributed by atoms with E-state index in [1.54, 1.807) is 0 Å². The maximum Gasteiger partial charge on any atom is 0.0978 e. The largest absolute Gasteiger partial charge is 0.392 e. The third-order valence-corrected chi connectivity index (χ3v) is 3.26. The first-order valence-electron chi connectivity index (χ1n) is 6.19. The number of aliphatic hydroxyl groups excluding tert-OH is 1. The summed E-state index contributed by atoms with van der Waals surface area (Å²) in [4.78, 5) is 0. The molecule has 0 aliphatic carbocycles. The van der Waals surface area contributed by atoms with Crippen LogP contribution in [0.3, 0.4) is 0 Å². The predicted octanol–water partition coefficient (Wildman–Crippen LogP) is 3.17. The van der Waals surface area contributed by atoms with Gasteiger partial charge >= 0.3 is 0 Å². The van der Waals surface area contributed by atoms with Crippen LogP contribution in [0, 0.1) is 6.92 Å². The molecular formula is C15H20N2O. The monoisotopic (exact) mass is 244 g/mol. The van der Waals surface area contributed by atoms with Crippen molar-refractivity contribution in [2.24, 2.45) is 0 Å². The summed E-state index contributed by atoms with van der Waals surface area (Å²) in [7, 11) is 0. The molecule has 0 amide bonds. The smallest absolute Gasteiger partial charge is 0.0978 e. The van der Waals surface area contributed by atoms with Crippen LogP contribution in [0.15, 0.2) is 24.3 Å². The molecule has 0 spiro atoms. The molecule has 1 aromatic carbocycles. The maximum atomic E-state index is 9.37. The van der Waals surface area contributed by atoms with E-state index in [2.05, 4.69) is 55.2 Å². The first-order chi connectivity index (χ1) is 8.43. The second-order valence-electron chi connectivity index (χ2n) is 5.66. The van der Waals surface area contributed by atoms with E-state index < -0.39 is 0 Å². The van der Waals surface area contributed by atoms with Gasteiger partial charge in [0.05, 0.1) is 12.3 Å². The lowest BCUT2D eigenvalue weighted by Crippen LogP contribution is -2.10. The molecule has 18 heavy (non-hydrogen) atoms. The summed E-state index contributed by atoms with van der Waals surface area (Å²) in [6, 6.07) is 8.38. The Balaban J connectivity index is 2.40. The quantitative estimate of drug-likeness (QED) is 0.852. The number of aromatic nitrogens is 2. The van der Waals surface area contributed by atoms with E-state index in [1.165, 1.54) is 5.56 Å². The Morgan fingerprint density at radius 1 is 1.17 bits per heavy atom. The van der Waals surface area contributed by atoms with E-state index in [4.69, 9.17) is 0 Å². The van der Waals surface area contributed by atoms with Crippen LogP contribution in [0.5, 0.6) is 0 Å². The van der Waals surface area contributed by atoms with Gasteiger partial charge in [-0.25, -0.2) is 0 Å². The van der Waals surface area contributed by atoms with Crippen molar-refractivity contribution in [2.75, 3.05) is 0 Å². The van der Waals surface area contributed by atoms with Gasteiger partial charge in [0.2, 0.25) is 0 Å². The fourth-order valence-corrected chi connectivity index (χ4v) is 2.01. The lowest BCUT2D eigenvalue weighted by molar-refractivity contribution is 0.281. The molecule has 2 N–H and O–H groups in total. The highest BCUT2D eigenvalue weighted by molar-refractivity contribution is 5.64. The van der Waals surface area contributed by atoms with Crippen molar-refractivity contribution in [1.82, 2.24) is 10.2 Å². The van der Waals surface area contributed by atoms with Crippen molar-refractivity contribution in [1.29, 1.82) is 0 Å². The number of hydrogen-bond acceptors (Lipinski definition) is 2. The number of aromatic amines is 1. The van der Waals surface area contributed by atoms with Gasteiger partial charge in [0, 0.05) is 16.8 Å². The molecule has 1 heterocycles. The number of nitrogens with one attached hydrogen (secondary N) is 1. The van der Waals surface area contributed by atoms with Gasteiger partial charge < -0.3 is 5.11 Å². The molecule has 0 saturated heterocycles. The van der Waals surface area contributed by atoms with Crippen LogP contribution in [0.25, 0.3) is 11.3 Å². The van der Waals surface area contributed by atoms with Gasteiger partial charge in [-0.05, 0) is 17.9 Å². The van der Waals surface area contributed by atoms with Crippen molar-refractivity contribution in [2.45, 2.75) is 39.7 Å². The number of aliphatic hydroxyl groups is 1. The Bertz CT molecular complexity index is 533. The zero-order valence-electron chi connectivity index (χ0n) is 11.4. The second-order valence-corrected chi connectivity index (χ2v) is 5.66. The summed E-state index contributed by atoms with van der Waals surface area (Å²) >= 11 is 0. The zero-order chi connectivity index (χ0) is 13.3. The maximum absolute atomic E-state index is 9.37. The van der Waals surface area contributed by atoms with Crippen LogP contribution in [-0.4, -0.2) is 15.3 Å². The molecule has 0 aliphatic rings. The molecule has 0 fully saturated rings. The minimum Gasteiger partial charge on any atom is -0.392 e. The Kier molecular flexibility index (Phi) is 3.26. The zero-order valence-corrected chi connectivity index (χ0v) is 11.4. The number of rotatable bonds is 2. The molecule has 0 saturated carbocycles. The van der Waals surface area contributed by atoms with Gasteiger partial charge in [0.15, 0.2) is 0 Å². The van der Waals surface area contributed by atoms with Crippen molar-refractivity contribution in [3.63, 3.8) is 0 Å². The van der Waals surface area contributed by atoms with Gasteiger partial charge in [-0.3, -0.25) is 5.10 Å². The van der Waals surface area contributed by atoms with E-state index in [0.29, 0.717) is 0 Å². The van der Waals surface area contributed by atoms with Gasteiger partial charge in [-0.15, -0.1) is 0 Å². The van der Waals surface area contributed by atoms with Crippen LogP contribution >= 0.6 is 0 Å². The second kappa shape index (κ2) is 4.58. The fourth-order valence-electron chi connectivity index (χ4n) is 2.01. The van der Waals surface area contributed by atoms with Crippen LogP contribution in [0.1, 0.15) is 37.6 Å². The minimum absolute atomic E-state index is 0.0126. The lowest BCUT2D eigenvalue weighted by Gasteiger charge is -2.19. The summed E-state index contributed by atoms with van der Waals surface area (Å²) in [5.74, 6) is 0. The molecule has 1 aromatic heterocycles. The van der Waals surface area contributed by atoms with E-state index in [-0.39, 0.29) is 12.0 Å². The van der Waals surface area contributed by atoms with E-state index in [9.17, 15) is 5.11 Å². The summed E-state index contributed by atoms with van der Waals surface area (Å²) in [6.45, 7) is 8.52. The fraction of sp³-hybridized carbons (Fsp3) is 0.400. The van der Waals surface area contributed by atoms with Crippen molar-refractivity contribution in [3.8, 4) is 11.3 Å². The average molecular weight is 244 g/mol. The molecule has 96 valence electrons. The summed E-state index contributed by atoms with van der Waals surface area (Å²) in [6.07, 6.45) is 0. The number of aryl methyl sites for hydroxylation is 1. The third kappa shape index (κ3) is 2.31. The normalized spacial score (nSPS) is 11.8. The molecule has 0 aliphatic heterocycles. The molecule has 0 unspecified atom stereocenters. The van der Waals surface area contributed by atoms with Crippen LogP contribution in [0.4, 0.5) is 0 Å². The number of H-pyrrole nitrogens is 1. The Labute approximate surface area is 108 Å². The molecule has 2 rings (SSSR count). The molecule has 3 heteroatoms. The van der Waals surface area contributed by atoms with Crippen LogP contribution in [0.2, 0.25) is 0 Å². The van der Waals surface area contributed by atoms with Crippen molar-refractivity contribution < 1.29 is 5.11 Å². The standard InChI is InChI=1S/C15H20N2O/c1-10-13(9-18)14(17-16-10)11-5-7-12(8-6-11)15(2,3)4/h5-8,18H,9H2,1-4H3,(H,16,17). The van der Waals surface area contributed by atoms with Gasteiger partial charge in [0.25, 0.3) is 0 Å². The molecular weight excluding hydrogens is 224 g/mol. The number of hydrogen-bond donors (Lipinski definition) is 2. The molecule has 0 radical (unpaired) electrons. The topological polar surface area (TPSA) is 48.9 Å². The Hall–Kier alpha value is -1.61. The van der Waals surface area contributed by atoms with Crippen molar-refractivity contribution in [3.05, 3.63) is 41.1 Å². The predicted molar refractivity (Wildman–Crippen MR) is 73.4 cm³/mol. The number of nitrogens with zero attached hydrogens (tertiary/aromatic N) is 1. The molecule has 0 atom stereocenters. The molecule has 3 nitrogen and oxygen atoms in total. The lowest BCUT2D eigenvalue weighted by atomic mass is 9.86. The van der Waals surface area contributed by atoms with E-state index >= 15 is 0 Å². The Morgan fingerprint density at radius 3 is 2.28 bits per heavy atom. The highest BCUT2D eigenvalue weighted by atomic mass is 16.3. The van der Waals surface area contributed by atoms with Crippen molar-refractivity contribution >= 4 is 0 Å². The minimum atomic E-state index is 0.0126. The highest BCUT2D eigenvalue weighted by Crippen LogP contribution is 2.27.